The third-order valence-corrected chi connectivity index (χ3v) is 4.24. The van der Waals surface area contributed by atoms with Gasteiger partial charge in [-0.3, -0.25) is 4.79 Å². The Labute approximate surface area is 109 Å². The van der Waals surface area contributed by atoms with Crippen LogP contribution in [-0.2, 0) is 4.79 Å². The molecule has 1 unspecified atom stereocenters. The van der Waals surface area contributed by atoms with Gasteiger partial charge >= 0.3 is 6.03 Å². The Bertz CT molecular complexity index is 479. The van der Waals surface area contributed by atoms with E-state index in [4.69, 9.17) is 5.73 Å². The lowest BCUT2D eigenvalue weighted by atomic mass is 10.2. The summed E-state index contributed by atoms with van der Waals surface area (Å²) in [5.74, 6) is 1.46. The zero-order chi connectivity index (χ0) is 12.7. The second-order valence-electron chi connectivity index (χ2n) is 4.33. The highest BCUT2D eigenvalue weighted by molar-refractivity contribution is 7.99. The highest BCUT2D eigenvalue weighted by atomic mass is 32.2. The summed E-state index contributed by atoms with van der Waals surface area (Å²) in [6.07, 6.45) is 0. The maximum atomic E-state index is 12.3. The Morgan fingerprint density at radius 2 is 1.94 bits per heavy atom. The van der Waals surface area contributed by atoms with E-state index in [1.54, 1.807) is 40.9 Å². The number of carbonyl (C=O) groups is 2. The number of anilines is 2. The van der Waals surface area contributed by atoms with E-state index in [9.17, 15) is 9.59 Å². The fourth-order valence-corrected chi connectivity index (χ4v) is 3.31. The lowest BCUT2D eigenvalue weighted by Gasteiger charge is -2.25. The molecule has 0 aromatic heterocycles. The maximum absolute atomic E-state index is 12.3. The van der Waals surface area contributed by atoms with Crippen molar-refractivity contribution in [1.82, 2.24) is 4.90 Å². The van der Waals surface area contributed by atoms with Gasteiger partial charge in [0.1, 0.15) is 6.04 Å². The zero-order valence-electron chi connectivity index (χ0n) is 9.70. The van der Waals surface area contributed by atoms with Crippen LogP contribution >= 0.6 is 11.8 Å². The molecule has 3 rings (SSSR count). The van der Waals surface area contributed by atoms with Gasteiger partial charge in [-0.05, 0) is 24.3 Å². The SMILES string of the molecule is Nc1ccc(N2C(=O)C3CSCCN3C2=O)cc1. The van der Waals surface area contributed by atoms with E-state index in [1.807, 2.05) is 0 Å². The van der Waals surface area contributed by atoms with Gasteiger partial charge in [-0.25, -0.2) is 9.69 Å². The summed E-state index contributed by atoms with van der Waals surface area (Å²) in [7, 11) is 0. The van der Waals surface area contributed by atoms with Crippen molar-refractivity contribution in [1.29, 1.82) is 0 Å². The molecule has 6 heteroatoms. The Kier molecular flexibility index (Phi) is 2.66. The molecule has 2 fully saturated rings. The molecule has 1 aromatic carbocycles. The van der Waals surface area contributed by atoms with Crippen molar-refractivity contribution in [2.24, 2.45) is 0 Å². The molecule has 2 N–H and O–H groups in total. The fraction of sp³-hybridized carbons (Fsp3) is 0.333. The highest BCUT2D eigenvalue weighted by Gasteiger charge is 2.46. The van der Waals surface area contributed by atoms with Crippen molar-refractivity contribution in [2.75, 3.05) is 28.7 Å². The number of nitrogens with zero attached hydrogens (tertiary/aromatic N) is 2. The van der Waals surface area contributed by atoms with E-state index >= 15 is 0 Å². The van der Waals surface area contributed by atoms with E-state index < -0.39 is 0 Å². The zero-order valence-corrected chi connectivity index (χ0v) is 10.5. The Balaban J connectivity index is 1.95. The molecule has 2 aliphatic rings. The lowest BCUT2D eigenvalue weighted by Crippen LogP contribution is -2.41. The van der Waals surface area contributed by atoms with Gasteiger partial charge in [0, 0.05) is 23.7 Å². The van der Waals surface area contributed by atoms with Gasteiger partial charge in [-0.15, -0.1) is 0 Å². The predicted octanol–water partition coefficient (Wildman–Crippen LogP) is 1.15. The number of thioether (sulfide) groups is 1. The molecule has 0 spiro atoms. The summed E-state index contributed by atoms with van der Waals surface area (Å²) < 4.78 is 0. The average Bonchev–Trinajstić information content (AvgIpc) is 2.64. The van der Waals surface area contributed by atoms with Crippen LogP contribution in [0.5, 0.6) is 0 Å². The molecule has 5 nitrogen and oxygen atoms in total. The van der Waals surface area contributed by atoms with Gasteiger partial charge in [-0.2, -0.15) is 11.8 Å². The van der Waals surface area contributed by atoms with Gasteiger partial charge in [0.2, 0.25) is 0 Å². The van der Waals surface area contributed by atoms with Crippen LogP contribution in [0.3, 0.4) is 0 Å². The van der Waals surface area contributed by atoms with Crippen molar-refractivity contribution in [2.45, 2.75) is 6.04 Å². The third kappa shape index (κ3) is 1.64. The summed E-state index contributed by atoms with van der Waals surface area (Å²) in [5.41, 5.74) is 6.82. The summed E-state index contributed by atoms with van der Waals surface area (Å²) in [5, 5.41) is 0. The molecule has 0 aliphatic carbocycles. The van der Waals surface area contributed by atoms with Crippen LogP contribution in [0, 0.1) is 0 Å². The van der Waals surface area contributed by atoms with Crippen molar-refractivity contribution < 1.29 is 9.59 Å². The van der Waals surface area contributed by atoms with Gasteiger partial charge in [0.15, 0.2) is 0 Å². The van der Waals surface area contributed by atoms with Crippen LogP contribution in [0.15, 0.2) is 24.3 Å². The number of benzene rings is 1. The van der Waals surface area contributed by atoms with Crippen molar-refractivity contribution in [3.8, 4) is 0 Å². The molecule has 0 radical (unpaired) electrons. The van der Waals surface area contributed by atoms with E-state index in [0.29, 0.717) is 23.7 Å². The summed E-state index contributed by atoms with van der Waals surface area (Å²) in [6, 6.07) is 6.29. The number of rotatable bonds is 1. The number of hydrogen-bond acceptors (Lipinski definition) is 4. The monoisotopic (exact) mass is 263 g/mol. The van der Waals surface area contributed by atoms with Crippen LogP contribution < -0.4 is 10.6 Å². The molecule has 2 saturated heterocycles. The second-order valence-corrected chi connectivity index (χ2v) is 5.48. The molecule has 1 aromatic rings. The largest absolute Gasteiger partial charge is 0.399 e. The molecule has 0 bridgehead atoms. The van der Waals surface area contributed by atoms with Crippen LogP contribution in [0.1, 0.15) is 0 Å². The van der Waals surface area contributed by atoms with Gasteiger partial charge in [-0.1, -0.05) is 0 Å². The number of carbonyl (C=O) groups excluding carboxylic acids is 2. The van der Waals surface area contributed by atoms with E-state index in [0.717, 1.165) is 5.75 Å². The highest BCUT2D eigenvalue weighted by Crippen LogP contribution is 2.30. The number of urea groups is 1. The first-order valence-electron chi connectivity index (χ1n) is 5.76. The molecule has 1 atom stereocenters. The molecule has 3 amide bonds. The summed E-state index contributed by atoms with van der Waals surface area (Å²) in [6.45, 7) is 0.644. The Hall–Kier alpha value is -1.69. The number of nitrogens with two attached hydrogens (primary N) is 1. The quantitative estimate of drug-likeness (QED) is 0.610. The minimum Gasteiger partial charge on any atom is -0.399 e. The van der Waals surface area contributed by atoms with E-state index in [1.165, 1.54) is 4.90 Å². The van der Waals surface area contributed by atoms with Crippen LogP contribution in [0.2, 0.25) is 0 Å². The van der Waals surface area contributed by atoms with Crippen molar-refractivity contribution >= 4 is 35.1 Å². The maximum Gasteiger partial charge on any atom is 0.332 e. The minimum absolute atomic E-state index is 0.128. The number of nitrogen functional groups attached to an aromatic ring is 1. The topological polar surface area (TPSA) is 66.6 Å². The summed E-state index contributed by atoms with van der Waals surface area (Å²) >= 11 is 1.72. The third-order valence-electron chi connectivity index (χ3n) is 3.22. The molecular formula is C12H13N3O2S. The number of amides is 3. The normalized spacial score (nSPS) is 23.4. The Morgan fingerprint density at radius 1 is 1.22 bits per heavy atom. The minimum atomic E-state index is -0.297. The molecule has 2 aliphatic heterocycles. The van der Waals surface area contributed by atoms with E-state index in [2.05, 4.69) is 0 Å². The van der Waals surface area contributed by atoms with Crippen molar-refractivity contribution in [3.63, 3.8) is 0 Å². The molecular weight excluding hydrogens is 250 g/mol. The van der Waals surface area contributed by atoms with Crippen LogP contribution in [-0.4, -0.2) is 40.9 Å². The molecule has 2 heterocycles. The Morgan fingerprint density at radius 3 is 2.61 bits per heavy atom. The van der Waals surface area contributed by atoms with Gasteiger partial charge in [0.25, 0.3) is 5.91 Å². The number of fused-ring (bicyclic) bond motifs is 1. The second kappa shape index (κ2) is 4.20. The van der Waals surface area contributed by atoms with E-state index in [-0.39, 0.29) is 18.0 Å². The van der Waals surface area contributed by atoms with Crippen LogP contribution in [0.4, 0.5) is 16.2 Å². The number of imide groups is 1. The van der Waals surface area contributed by atoms with Gasteiger partial charge < -0.3 is 10.6 Å². The standard InChI is InChI=1S/C12H13N3O2S/c13-8-1-3-9(4-2-8)15-11(16)10-7-18-6-5-14(10)12(15)17/h1-4,10H,5-7,13H2. The molecule has 0 saturated carbocycles. The van der Waals surface area contributed by atoms with Gasteiger partial charge in [0.05, 0.1) is 5.69 Å². The van der Waals surface area contributed by atoms with Crippen molar-refractivity contribution in [3.05, 3.63) is 24.3 Å². The summed E-state index contributed by atoms with van der Waals surface area (Å²) in [4.78, 5) is 27.4. The molecule has 94 valence electrons. The predicted molar refractivity (Wildman–Crippen MR) is 71.6 cm³/mol. The lowest BCUT2D eigenvalue weighted by molar-refractivity contribution is -0.119. The average molecular weight is 263 g/mol. The molecule has 18 heavy (non-hydrogen) atoms. The first kappa shape index (κ1) is 11.4. The van der Waals surface area contributed by atoms with Crippen LogP contribution in [0.25, 0.3) is 0 Å². The first-order chi connectivity index (χ1) is 8.68. The fourth-order valence-electron chi connectivity index (χ4n) is 2.27. The number of hydrogen-bond donors (Lipinski definition) is 1. The smallest absolute Gasteiger partial charge is 0.332 e. The first-order valence-corrected chi connectivity index (χ1v) is 6.92.